The van der Waals surface area contributed by atoms with Crippen LogP contribution in [0.3, 0.4) is 0 Å². The first kappa shape index (κ1) is 24.6. The average molecular weight is 576 g/mol. The average Bonchev–Trinajstić information content (AvgIpc) is 3.73. The van der Waals surface area contributed by atoms with E-state index in [4.69, 9.17) is 0 Å². The molecule has 6 aromatic carbocycles. The Bertz CT molecular complexity index is 2450. The number of para-hydroxylation sites is 4. The smallest absolute Gasteiger partial charge is 0.0632 e. The van der Waals surface area contributed by atoms with Gasteiger partial charge in [-0.15, -0.1) is 0 Å². The van der Waals surface area contributed by atoms with Crippen LogP contribution in [0, 0.1) is 0 Å². The van der Waals surface area contributed by atoms with Gasteiger partial charge in [0, 0.05) is 44.2 Å². The van der Waals surface area contributed by atoms with Gasteiger partial charge in [-0.05, 0) is 78.7 Å². The summed E-state index contributed by atoms with van der Waals surface area (Å²) in [6.45, 7) is 0. The van der Waals surface area contributed by atoms with E-state index in [0.29, 0.717) is 0 Å². The van der Waals surface area contributed by atoms with Crippen LogP contribution in [0.2, 0.25) is 0 Å². The first-order chi connectivity index (χ1) is 22.3. The maximum Gasteiger partial charge on any atom is 0.0632 e. The van der Waals surface area contributed by atoms with Gasteiger partial charge in [-0.2, -0.15) is 0 Å². The largest absolute Gasteiger partial charge is 0.333 e. The van der Waals surface area contributed by atoms with Crippen LogP contribution in [0.1, 0.15) is 12.0 Å². The number of allylic oxidation sites excluding steroid dienone is 2. The van der Waals surface area contributed by atoms with Gasteiger partial charge in [-0.1, -0.05) is 91.0 Å². The lowest BCUT2D eigenvalue weighted by atomic mass is 9.95. The Kier molecular flexibility index (Phi) is 5.11. The van der Waals surface area contributed by atoms with Crippen LogP contribution in [0.4, 0.5) is 11.4 Å². The normalized spacial score (nSPS) is 15.7. The van der Waals surface area contributed by atoms with E-state index >= 15 is 0 Å². The lowest BCUT2D eigenvalue weighted by Crippen LogP contribution is -2.27. The molecule has 0 saturated carbocycles. The minimum Gasteiger partial charge on any atom is -0.333 e. The number of aromatic nitrogens is 2. The molecule has 3 heterocycles. The number of benzene rings is 6. The molecule has 2 aromatic heterocycles. The second-order valence-corrected chi connectivity index (χ2v) is 12.1. The van der Waals surface area contributed by atoms with Gasteiger partial charge >= 0.3 is 0 Å². The minimum atomic E-state index is 0.270. The van der Waals surface area contributed by atoms with E-state index in [1.165, 1.54) is 77.5 Å². The molecule has 3 nitrogen and oxygen atoms in total. The predicted molar refractivity (Wildman–Crippen MR) is 189 cm³/mol. The number of nitrogens with zero attached hydrogens (tertiary/aromatic N) is 3. The third kappa shape index (κ3) is 3.46. The van der Waals surface area contributed by atoms with Crippen molar-refractivity contribution in [2.45, 2.75) is 12.5 Å². The molecule has 8 aromatic rings. The first-order valence-corrected chi connectivity index (χ1v) is 15.7. The fourth-order valence-electron chi connectivity index (χ4n) is 7.87. The molecule has 1 aliphatic carbocycles. The molecule has 3 heteroatoms. The van der Waals surface area contributed by atoms with E-state index in [9.17, 15) is 0 Å². The summed E-state index contributed by atoms with van der Waals surface area (Å²) in [6.07, 6.45) is 7.83. The van der Waals surface area contributed by atoms with Gasteiger partial charge < -0.3 is 14.0 Å². The summed E-state index contributed by atoms with van der Waals surface area (Å²) in [6, 6.07) is 51.3. The van der Waals surface area contributed by atoms with E-state index in [1.807, 2.05) is 0 Å². The van der Waals surface area contributed by atoms with E-state index in [0.717, 1.165) is 6.42 Å². The van der Waals surface area contributed by atoms with Gasteiger partial charge in [0.25, 0.3) is 0 Å². The Morgan fingerprint density at radius 1 is 0.467 bits per heavy atom. The zero-order valence-electron chi connectivity index (χ0n) is 24.6. The first-order valence-electron chi connectivity index (χ1n) is 15.7. The maximum atomic E-state index is 2.56. The van der Waals surface area contributed by atoms with Crippen molar-refractivity contribution in [3.05, 3.63) is 163 Å². The highest BCUT2D eigenvalue weighted by atomic mass is 15.2. The number of hydrogen-bond donors (Lipinski definition) is 0. The summed E-state index contributed by atoms with van der Waals surface area (Å²) in [5, 5.41) is 5.15. The number of fused-ring (bicyclic) bond motifs is 9. The zero-order valence-corrected chi connectivity index (χ0v) is 24.6. The van der Waals surface area contributed by atoms with Crippen molar-refractivity contribution in [1.29, 1.82) is 0 Å². The highest BCUT2D eigenvalue weighted by molar-refractivity contribution is 6.13. The fourth-order valence-corrected chi connectivity index (χ4v) is 7.87. The lowest BCUT2D eigenvalue weighted by molar-refractivity contribution is 0.829. The molecule has 1 unspecified atom stereocenters. The minimum absolute atomic E-state index is 0.270. The van der Waals surface area contributed by atoms with Crippen LogP contribution >= 0.6 is 0 Å². The molecule has 0 fully saturated rings. The standard InChI is InChI=1S/C42H29N3/c1-2-12-28(13-3-1)44-39-20-10-6-16-33(39)35-26-36-34-17-7-11-21-40(34)45(42(36)27-41(35)44)30-24-22-29(23-25-30)43-37-18-8-4-14-31(37)32-15-5-9-19-38(32)43/h1-20,22-27,40H,21H2. The fraction of sp³-hybridized carbons (Fsp3) is 0.0476. The molecule has 0 N–H and O–H groups in total. The molecule has 1 aliphatic heterocycles. The van der Waals surface area contributed by atoms with Crippen molar-refractivity contribution in [3.63, 3.8) is 0 Å². The van der Waals surface area contributed by atoms with Crippen molar-refractivity contribution in [1.82, 2.24) is 9.13 Å². The van der Waals surface area contributed by atoms with Crippen molar-refractivity contribution < 1.29 is 0 Å². The SMILES string of the molecule is C1=CCC2C(=C1)c1cc3c4ccccc4n(-c4ccccc4)c3cc1N2c1ccc(-n2c3ccccc3c3ccccc32)cc1. The molecule has 0 radical (unpaired) electrons. The van der Waals surface area contributed by atoms with Gasteiger partial charge in [0.15, 0.2) is 0 Å². The zero-order chi connectivity index (χ0) is 29.5. The van der Waals surface area contributed by atoms with Crippen LogP contribution in [0.5, 0.6) is 0 Å². The summed E-state index contributed by atoms with van der Waals surface area (Å²) >= 11 is 0. The molecule has 212 valence electrons. The van der Waals surface area contributed by atoms with Gasteiger partial charge in [0.1, 0.15) is 0 Å². The summed E-state index contributed by atoms with van der Waals surface area (Å²) in [5.41, 5.74) is 12.5. The summed E-state index contributed by atoms with van der Waals surface area (Å²) in [5.74, 6) is 0. The quantitative estimate of drug-likeness (QED) is 0.204. The molecule has 0 saturated heterocycles. The number of anilines is 2. The van der Waals surface area contributed by atoms with Gasteiger partial charge in [0.2, 0.25) is 0 Å². The van der Waals surface area contributed by atoms with E-state index in [1.54, 1.807) is 0 Å². The van der Waals surface area contributed by atoms with Crippen molar-refractivity contribution in [3.8, 4) is 11.4 Å². The third-order valence-corrected chi connectivity index (χ3v) is 9.78. The van der Waals surface area contributed by atoms with E-state index in [-0.39, 0.29) is 6.04 Å². The van der Waals surface area contributed by atoms with Crippen molar-refractivity contribution >= 4 is 60.6 Å². The molecular formula is C42H29N3. The third-order valence-electron chi connectivity index (χ3n) is 9.78. The van der Waals surface area contributed by atoms with Gasteiger partial charge in [0.05, 0.1) is 33.8 Å². The molecule has 10 rings (SSSR count). The summed E-state index contributed by atoms with van der Waals surface area (Å²) < 4.78 is 4.81. The highest BCUT2D eigenvalue weighted by Crippen LogP contribution is 2.50. The second kappa shape index (κ2) is 9.35. The van der Waals surface area contributed by atoms with Crippen LogP contribution < -0.4 is 4.90 Å². The highest BCUT2D eigenvalue weighted by Gasteiger charge is 2.36. The van der Waals surface area contributed by atoms with Crippen LogP contribution in [-0.2, 0) is 0 Å². The Morgan fingerprint density at radius 3 is 1.67 bits per heavy atom. The lowest BCUT2D eigenvalue weighted by Gasteiger charge is -2.29. The van der Waals surface area contributed by atoms with E-state index < -0.39 is 0 Å². The van der Waals surface area contributed by atoms with Crippen LogP contribution in [0.15, 0.2) is 158 Å². The Balaban J connectivity index is 1.17. The molecule has 0 bridgehead atoms. The van der Waals surface area contributed by atoms with Gasteiger partial charge in [-0.3, -0.25) is 0 Å². The summed E-state index contributed by atoms with van der Waals surface area (Å²) in [4.78, 5) is 2.56. The Labute approximate surface area is 261 Å². The second-order valence-electron chi connectivity index (χ2n) is 12.1. The van der Waals surface area contributed by atoms with E-state index in [2.05, 4.69) is 172 Å². The van der Waals surface area contributed by atoms with Crippen molar-refractivity contribution in [2.24, 2.45) is 0 Å². The molecule has 0 amide bonds. The molecule has 2 aliphatic rings. The molecular weight excluding hydrogens is 546 g/mol. The molecule has 0 spiro atoms. The Morgan fingerprint density at radius 2 is 1.00 bits per heavy atom. The maximum absolute atomic E-state index is 2.56. The molecule has 45 heavy (non-hydrogen) atoms. The topological polar surface area (TPSA) is 13.1 Å². The summed E-state index contributed by atoms with van der Waals surface area (Å²) in [7, 11) is 0. The monoisotopic (exact) mass is 575 g/mol. The van der Waals surface area contributed by atoms with Gasteiger partial charge in [-0.25, -0.2) is 0 Å². The van der Waals surface area contributed by atoms with Crippen molar-refractivity contribution in [2.75, 3.05) is 4.90 Å². The molecule has 1 atom stereocenters. The number of hydrogen-bond acceptors (Lipinski definition) is 1. The Hall–Kier alpha value is -5.80. The van der Waals surface area contributed by atoms with Crippen LogP contribution in [-0.4, -0.2) is 15.2 Å². The number of rotatable bonds is 3. The predicted octanol–water partition coefficient (Wildman–Crippen LogP) is 10.7. The van der Waals surface area contributed by atoms with Crippen LogP contribution in [0.25, 0.3) is 60.6 Å².